The van der Waals surface area contributed by atoms with E-state index in [9.17, 15) is 18.0 Å². The van der Waals surface area contributed by atoms with Gasteiger partial charge in [-0.3, -0.25) is 4.79 Å². The van der Waals surface area contributed by atoms with E-state index in [-0.39, 0.29) is 22.4 Å². The van der Waals surface area contributed by atoms with Crippen molar-refractivity contribution in [1.29, 1.82) is 0 Å². The number of nitrogens with zero attached hydrogens (tertiary/aromatic N) is 2. The number of nitrogens with one attached hydrogen (secondary N) is 3. The summed E-state index contributed by atoms with van der Waals surface area (Å²) in [6.07, 6.45) is -1.70. The summed E-state index contributed by atoms with van der Waals surface area (Å²) in [4.78, 5) is 21.5. The lowest BCUT2D eigenvalue weighted by Gasteiger charge is -2.19. The molecule has 5 rings (SSSR count). The monoisotopic (exact) mass is 493 g/mol. The first-order valence-electron chi connectivity index (χ1n) is 10.4. The van der Waals surface area contributed by atoms with Crippen molar-refractivity contribution in [3.8, 4) is 10.6 Å². The molecule has 2 aliphatic rings. The fraction of sp³-hybridized carbons (Fsp3) is 0.318. The molecule has 3 N–H and O–H groups in total. The third-order valence-corrected chi connectivity index (χ3v) is 7.18. The second-order valence-electron chi connectivity index (χ2n) is 7.91. The number of halogens is 4. The summed E-state index contributed by atoms with van der Waals surface area (Å²) < 4.78 is 41.3. The highest BCUT2D eigenvalue weighted by Crippen LogP contribution is 2.41. The predicted molar refractivity (Wildman–Crippen MR) is 121 cm³/mol. The van der Waals surface area contributed by atoms with Gasteiger partial charge in [0.25, 0.3) is 5.91 Å². The van der Waals surface area contributed by atoms with E-state index in [0.29, 0.717) is 35.8 Å². The SMILES string of the molecule is O=C1NCCCc2sc(-c3nc(Nc4cc5c(cc4Cl)CNCC5)ncc3C(F)(F)F)cc21. The lowest BCUT2D eigenvalue weighted by molar-refractivity contribution is -0.137. The van der Waals surface area contributed by atoms with E-state index >= 15 is 0 Å². The normalized spacial score (nSPS) is 15.9. The number of thiophene rings is 1. The molecule has 172 valence electrons. The molecule has 1 amide bonds. The first-order valence-corrected chi connectivity index (χ1v) is 11.6. The van der Waals surface area contributed by atoms with Crippen molar-refractivity contribution < 1.29 is 18.0 Å². The second-order valence-corrected chi connectivity index (χ2v) is 9.46. The van der Waals surface area contributed by atoms with Gasteiger partial charge in [-0.2, -0.15) is 13.2 Å². The molecule has 0 spiro atoms. The van der Waals surface area contributed by atoms with Crippen LogP contribution < -0.4 is 16.0 Å². The van der Waals surface area contributed by atoms with E-state index in [1.165, 1.54) is 6.07 Å². The molecule has 0 bridgehead atoms. The topological polar surface area (TPSA) is 78.9 Å². The molecule has 0 saturated heterocycles. The Labute approximate surface area is 196 Å². The van der Waals surface area contributed by atoms with Crippen molar-refractivity contribution in [2.75, 3.05) is 18.4 Å². The third-order valence-electron chi connectivity index (χ3n) is 5.67. The van der Waals surface area contributed by atoms with Gasteiger partial charge in [0.05, 0.1) is 26.8 Å². The number of carbonyl (C=O) groups is 1. The average Bonchev–Trinajstić information content (AvgIpc) is 3.13. The van der Waals surface area contributed by atoms with Gasteiger partial charge in [0.15, 0.2) is 0 Å². The van der Waals surface area contributed by atoms with Crippen molar-refractivity contribution in [3.05, 3.63) is 56.5 Å². The van der Waals surface area contributed by atoms with E-state index in [1.54, 1.807) is 0 Å². The lowest BCUT2D eigenvalue weighted by Crippen LogP contribution is -2.23. The molecule has 0 aliphatic carbocycles. The predicted octanol–water partition coefficient (Wildman–Crippen LogP) is 4.94. The van der Waals surface area contributed by atoms with Crippen LogP contribution in [0.1, 0.15) is 38.3 Å². The Kier molecular flexibility index (Phi) is 5.75. The van der Waals surface area contributed by atoms with Crippen LogP contribution in [0.15, 0.2) is 24.4 Å². The van der Waals surface area contributed by atoms with Crippen LogP contribution in [0, 0.1) is 0 Å². The van der Waals surface area contributed by atoms with E-state index in [2.05, 4.69) is 25.9 Å². The number of aromatic nitrogens is 2. The summed E-state index contributed by atoms with van der Waals surface area (Å²) in [7, 11) is 0. The van der Waals surface area contributed by atoms with Crippen LogP contribution in [0.3, 0.4) is 0 Å². The van der Waals surface area contributed by atoms with Gasteiger partial charge in [0.2, 0.25) is 5.95 Å². The summed E-state index contributed by atoms with van der Waals surface area (Å²) in [6, 6.07) is 5.21. The van der Waals surface area contributed by atoms with Gasteiger partial charge in [-0.25, -0.2) is 9.97 Å². The number of aryl methyl sites for hydroxylation is 1. The number of anilines is 2. The van der Waals surface area contributed by atoms with Crippen LogP contribution >= 0.6 is 22.9 Å². The van der Waals surface area contributed by atoms with E-state index in [0.717, 1.165) is 52.9 Å². The van der Waals surface area contributed by atoms with Crippen LogP contribution in [0.4, 0.5) is 24.8 Å². The lowest BCUT2D eigenvalue weighted by atomic mass is 10.0. The maximum Gasteiger partial charge on any atom is 0.420 e. The Bertz CT molecular complexity index is 1240. The Balaban J connectivity index is 1.55. The average molecular weight is 494 g/mol. The van der Waals surface area contributed by atoms with Crippen molar-refractivity contribution in [3.63, 3.8) is 0 Å². The number of hydrogen-bond donors (Lipinski definition) is 3. The first kappa shape index (κ1) is 22.1. The number of rotatable bonds is 3. The Morgan fingerprint density at radius 3 is 2.79 bits per heavy atom. The molecule has 11 heteroatoms. The van der Waals surface area contributed by atoms with Crippen LogP contribution in [-0.2, 0) is 25.6 Å². The summed E-state index contributed by atoms with van der Waals surface area (Å²) in [6.45, 7) is 2.10. The minimum atomic E-state index is -4.64. The molecule has 0 radical (unpaired) electrons. The minimum absolute atomic E-state index is 0.00169. The van der Waals surface area contributed by atoms with Gasteiger partial charge in [0.1, 0.15) is 5.56 Å². The molecule has 0 atom stereocenters. The standard InChI is InChI=1S/C22H19ClF3N5OS/c23-15-6-12-9-27-5-3-11(12)7-16(15)30-21-29-10-14(22(24,25)26)19(31-21)18-8-13-17(33-18)2-1-4-28-20(13)32/h6-8,10,27H,1-5,9H2,(H,28,32)(H,29,30,31). The van der Waals surface area contributed by atoms with Crippen molar-refractivity contribution in [2.24, 2.45) is 0 Å². The molecule has 6 nitrogen and oxygen atoms in total. The largest absolute Gasteiger partial charge is 0.420 e. The third kappa shape index (κ3) is 4.42. The molecule has 3 aromatic rings. The summed E-state index contributed by atoms with van der Waals surface area (Å²) in [5.74, 6) is -0.275. The first-order chi connectivity index (χ1) is 15.8. The number of amides is 1. The van der Waals surface area contributed by atoms with Gasteiger partial charge in [-0.05, 0) is 55.1 Å². The molecule has 0 saturated carbocycles. The Morgan fingerprint density at radius 1 is 1.12 bits per heavy atom. The van der Waals surface area contributed by atoms with Gasteiger partial charge < -0.3 is 16.0 Å². The maximum atomic E-state index is 13.8. The number of alkyl halides is 3. The minimum Gasteiger partial charge on any atom is -0.352 e. The summed E-state index contributed by atoms with van der Waals surface area (Å²) in [5, 5.41) is 9.45. The maximum absolute atomic E-state index is 13.8. The second kappa shape index (κ2) is 8.58. The highest BCUT2D eigenvalue weighted by Gasteiger charge is 2.36. The molecule has 0 unspecified atom stereocenters. The van der Waals surface area contributed by atoms with E-state index in [1.807, 2.05) is 12.1 Å². The quantitative estimate of drug-likeness (QED) is 0.481. The smallest absolute Gasteiger partial charge is 0.352 e. The number of fused-ring (bicyclic) bond motifs is 2. The molecule has 2 aliphatic heterocycles. The Morgan fingerprint density at radius 2 is 1.97 bits per heavy atom. The summed E-state index contributed by atoms with van der Waals surface area (Å²) >= 11 is 7.56. The van der Waals surface area contributed by atoms with Gasteiger partial charge in [0, 0.05) is 24.2 Å². The Hall–Kier alpha value is -2.69. The number of benzene rings is 1. The highest BCUT2D eigenvalue weighted by atomic mass is 35.5. The zero-order valence-corrected chi connectivity index (χ0v) is 18.8. The number of carbonyl (C=O) groups excluding carboxylic acids is 1. The highest BCUT2D eigenvalue weighted by molar-refractivity contribution is 7.15. The zero-order valence-electron chi connectivity index (χ0n) is 17.3. The molecule has 0 fully saturated rings. The van der Waals surface area contributed by atoms with Crippen molar-refractivity contribution >= 4 is 40.5 Å². The summed E-state index contributed by atoms with van der Waals surface area (Å²) in [5.41, 5.74) is 1.92. The molecule has 4 heterocycles. The molecule has 1 aromatic carbocycles. The zero-order chi connectivity index (χ0) is 23.2. The van der Waals surface area contributed by atoms with Gasteiger partial charge in [-0.1, -0.05) is 11.6 Å². The van der Waals surface area contributed by atoms with Crippen molar-refractivity contribution in [2.45, 2.75) is 32.0 Å². The van der Waals surface area contributed by atoms with Gasteiger partial charge >= 0.3 is 6.18 Å². The van der Waals surface area contributed by atoms with Crippen LogP contribution in [0.2, 0.25) is 5.02 Å². The van der Waals surface area contributed by atoms with Crippen LogP contribution in [-0.4, -0.2) is 29.0 Å². The fourth-order valence-electron chi connectivity index (χ4n) is 4.03. The molecule has 2 aromatic heterocycles. The fourth-order valence-corrected chi connectivity index (χ4v) is 5.46. The number of hydrogen-bond acceptors (Lipinski definition) is 6. The van der Waals surface area contributed by atoms with Crippen molar-refractivity contribution in [1.82, 2.24) is 20.6 Å². The van der Waals surface area contributed by atoms with Crippen LogP contribution in [0.25, 0.3) is 10.6 Å². The van der Waals surface area contributed by atoms with E-state index < -0.39 is 11.7 Å². The van der Waals surface area contributed by atoms with E-state index in [4.69, 9.17) is 11.6 Å². The molecular formula is C22H19ClF3N5OS. The van der Waals surface area contributed by atoms with Crippen LogP contribution in [0.5, 0.6) is 0 Å². The molecular weight excluding hydrogens is 475 g/mol. The molecule has 33 heavy (non-hydrogen) atoms. The van der Waals surface area contributed by atoms with Gasteiger partial charge in [-0.15, -0.1) is 11.3 Å².